The summed E-state index contributed by atoms with van der Waals surface area (Å²) < 4.78 is 0. The Labute approximate surface area is 113 Å². The number of anilines is 1. The van der Waals surface area contributed by atoms with Crippen LogP contribution in [-0.2, 0) is 9.59 Å². The van der Waals surface area contributed by atoms with Crippen molar-refractivity contribution in [3.8, 4) is 11.4 Å². The van der Waals surface area contributed by atoms with Gasteiger partial charge in [-0.1, -0.05) is 12.1 Å². The van der Waals surface area contributed by atoms with E-state index in [9.17, 15) is 9.59 Å². The highest BCUT2D eigenvalue weighted by Gasteiger charge is 2.48. The van der Waals surface area contributed by atoms with Gasteiger partial charge in [-0.25, -0.2) is 0 Å². The maximum absolute atomic E-state index is 11.9. The van der Waals surface area contributed by atoms with Gasteiger partial charge in [-0.15, -0.1) is 10.2 Å². The molecule has 8 heteroatoms. The topological polar surface area (TPSA) is 121 Å². The highest BCUT2D eigenvalue weighted by molar-refractivity contribution is 5.98. The van der Waals surface area contributed by atoms with Crippen LogP contribution >= 0.6 is 0 Å². The molecule has 102 valence electrons. The molecule has 1 amide bonds. The second-order valence-corrected chi connectivity index (χ2v) is 4.59. The smallest absolute Gasteiger partial charge is 0.307 e. The molecule has 1 heterocycles. The average Bonchev–Trinajstić information content (AvgIpc) is 3.06. The second kappa shape index (κ2) is 4.72. The van der Waals surface area contributed by atoms with Gasteiger partial charge in [-0.3, -0.25) is 9.59 Å². The number of carbonyl (C=O) groups excluding carboxylic acids is 1. The number of carboxylic acids is 1. The predicted octanol–water partition coefficient (Wildman–Crippen LogP) is 0.526. The second-order valence-electron chi connectivity index (χ2n) is 4.59. The first-order chi connectivity index (χ1) is 9.65. The first-order valence-electron chi connectivity index (χ1n) is 6.02. The highest BCUT2D eigenvalue weighted by atomic mass is 16.4. The number of carbonyl (C=O) groups is 2. The number of rotatable bonds is 4. The zero-order chi connectivity index (χ0) is 14.1. The van der Waals surface area contributed by atoms with Crippen molar-refractivity contribution in [1.29, 1.82) is 0 Å². The molecule has 8 nitrogen and oxygen atoms in total. The lowest BCUT2D eigenvalue weighted by molar-refractivity contribution is -0.139. The number of hydrogen-bond acceptors (Lipinski definition) is 5. The van der Waals surface area contributed by atoms with Crippen LogP contribution in [0.15, 0.2) is 24.3 Å². The van der Waals surface area contributed by atoms with Gasteiger partial charge in [0.15, 0.2) is 0 Å². The molecule has 1 aromatic carbocycles. The molecule has 2 unspecified atom stereocenters. The van der Waals surface area contributed by atoms with Gasteiger partial charge in [0.2, 0.25) is 11.7 Å². The number of nitrogens with zero attached hydrogens (tertiary/aromatic N) is 3. The van der Waals surface area contributed by atoms with Crippen molar-refractivity contribution in [2.75, 3.05) is 5.32 Å². The molecule has 20 heavy (non-hydrogen) atoms. The van der Waals surface area contributed by atoms with Gasteiger partial charge in [0, 0.05) is 11.3 Å². The molecule has 1 saturated carbocycles. The first kappa shape index (κ1) is 12.3. The van der Waals surface area contributed by atoms with Crippen LogP contribution in [0, 0.1) is 11.8 Å². The summed E-state index contributed by atoms with van der Waals surface area (Å²) in [6.45, 7) is 0. The Kier molecular flexibility index (Phi) is 2.90. The van der Waals surface area contributed by atoms with Crippen molar-refractivity contribution in [2.45, 2.75) is 6.42 Å². The van der Waals surface area contributed by atoms with Crippen molar-refractivity contribution >= 4 is 17.6 Å². The zero-order valence-electron chi connectivity index (χ0n) is 10.3. The Balaban J connectivity index is 1.71. The Hall–Kier alpha value is -2.77. The van der Waals surface area contributed by atoms with Crippen LogP contribution in [0.3, 0.4) is 0 Å². The summed E-state index contributed by atoms with van der Waals surface area (Å²) in [7, 11) is 0. The lowest BCUT2D eigenvalue weighted by Gasteiger charge is -2.05. The standard InChI is InChI=1S/C12H11N5O3/c18-11(8-5-9(8)12(19)20)13-7-3-1-2-6(4-7)10-14-16-17-15-10/h1-4,8-9H,5H2,(H,13,18)(H,19,20)(H,14,15,16,17). The Bertz CT molecular complexity index is 655. The number of amides is 1. The lowest BCUT2D eigenvalue weighted by Crippen LogP contribution is -2.16. The summed E-state index contributed by atoms with van der Waals surface area (Å²) >= 11 is 0. The van der Waals surface area contributed by atoms with Crippen LogP contribution in [0.2, 0.25) is 0 Å². The van der Waals surface area contributed by atoms with Gasteiger partial charge in [0.05, 0.1) is 11.8 Å². The molecule has 2 aromatic rings. The van der Waals surface area contributed by atoms with Crippen molar-refractivity contribution < 1.29 is 14.7 Å². The first-order valence-corrected chi connectivity index (χ1v) is 6.02. The highest BCUT2D eigenvalue weighted by Crippen LogP contribution is 2.39. The van der Waals surface area contributed by atoms with E-state index in [1.165, 1.54) is 0 Å². The van der Waals surface area contributed by atoms with Crippen LogP contribution in [-0.4, -0.2) is 37.6 Å². The molecule has 1 aromatic heterocycles. The van der Waals surface area contributed by atoms with E-state index in [0.717, 1.165) is 0 Å². The third-order valence-electron chi connectivity index (χ3n) is 3.18. The minimum atomic E-state index is -0.925. The van der Waals surface area contributed by atoms with E-state index in [4.69, 9.17) is 5.11 Å². The van der Waals surface area contributed by atoms with Gasteiger partial charge < -0.3 is 10.4 Å². The number of aromatic amines is 1. The fraction of sp³-hybridized carbons (Fsp3) is 0.250. The summed E-state index contributed by atoms with van der Waals surface area (Å²) in [5, 5.41) is 25.0. The molecule has 1 fully saturated rings. The zero-order valence-corrected chi connectivity index (χ0v) is 10.3. The van der Waals surface area contributed by atoms with E-state index in [0.29, 0.717) is 23.5 Å². The lowest BCUT2D eigenvalue weighted by atomic mass is 10.2. The SMILES string of the molecule is O=C(O)C1CC1C(=O)Nc1cccc(-c2nn[nH]n2)c1. The van der Waals surface area contributed by atoms with Gasteiger partial charge in [-0.05, 0) is 23.8 Å². The van der Waals surface area contributed by atoms with Gasteiger partial charge >= 0.3 is 5.97 Å². The van der Waals surface area contributed by atoms with Crippen LogP contribution in [0.1, 0.15) is 6.42 Å². The summed E-state index contributed by atoms with van der Waals surface area (Å²) in [6.07, 6.45) is 0.395. The summed E-state index contributed by atoms with van der Waals surface area (Å²) in [5.41, 5.74) is 1.29. The quantitative estimate of drug-likeness (QED) is 0.747. The van der Waals surface area contributed by atoms with Crippen LogP contribution in [0.4, 0.5) is 5.69 Å². The summed E-state index contributed by atoms with van der Waals surface area (Å²) in [6, 6.07) is 6.97. The largest absolute Gasteiger partial charge is 0.481 e. The van der Waals surface area contributed by atoms with E-state index in [1.807, 2.05) is 0 Å². The van der Waals surface area contributed by atoms with Crippen molar-refractivity contribution in [1.82, 2.24) is 20.6 Å². The number of benzene rings is 1. The molecule has 3 rings (SSSR count). The molecule has 2 atom stereocenters. The molecular weight excluding hydrogens is 262 g/mol. The van der Waals surface area contributed by atoms with Crippen molar-refractivity contribution in [3.05, 3.63) is 24.3 Å². The van der Waals surface area contributed by atoms with Gasteiger partial charge in [-0.2, -0.15) is 5.21 Å². The fourth-order valence-corrected chi connectivity index (χ4v) is 2.01. The molecule has 0 radical (unpaired) electrons. The number of hydrogen-bond donors (Lipinski definition) is 3. The number of carboxylic acid groups (broad SMARTS) is 1. The maximum Gasteiger partial charge on any atom is 0.307 e. The molecule has 0 spiro atoms. The molecule has 0 saturated heterocycles. The molecular formula is C12H11N5O3. The number of aliphatic carboxylic acids is 1. The van der Waals surface area contributed by atoms with Crippen LogP contribution < -0.4 is 5.32 Å². The molecule has 3 N–H and O–H groups in total. The monoisotopic (exact) mass is 273 g/mol. The molecule has 0 aliphatic heterocycles. The number of H-pyrrole nitrogens is 1. The third kappa shape index (κ3) is 2.35. The average molecular weight is 273 g/mol. The van der Waals surface area contributed by atoms with Crippen LogP contribution in [0.5, 0.6) is 0 Å². The number of tetrazole rings is 1. The Morgan fingerprint density at radius 3 is 2.85 bits per heavy atom. The van der Waals surface area contributed by atoms with E-state index >= 15 is 0 Å². The van der Waals surface area contributed by atoms with Gasteiger partial charge in [0.25, 0.3) is 0 Å². The van der Waals surface area contributed by atoms with E-state index in [2.05, 4.69) is 25.9 Å². The molecule has 0 bridgehead atoms. The minimum absolute atomic E-state index is 0.275. The maximum atomic E-state index is 11.9. The summed E-state index contributed by atoms with van der Waals surface area (Å²) in [5.74, 6) is -1.78. The fourth-order valence-electron chi connectivity index (χ4n) is 2.01. The van der Waals surface area contributed by atoms with Crippen molar-refractivity contribution in [3.63, 3.8) is 0 Å². The van der Waals surface area contributed by atoms with Crippen LogP contribution in [0.25, 0.3) is 11.4 Å². The van der Waals surface area contributed by atoms with E-state index < -0.39 is 17.8 Å². The number of nitrogens with one attached hydrogen (secondary N) is 2. The van der Waals surface area contributed by atoms with Gasteiger partial charge in [0.1, 0.15) is 0 Å². The molecule has 1 aliphatic rings. The summed E-state index contributed by atoms with van der Waals surface area (Å²) in [4.78, 5) is 22.6. The molecule has 1 aliphatic carbocycles. The van der Waals surface area contributed by atoms with E-state index in [1.54, 1.807) is 24.3 Å². The normalized spacial score (nSPS) is 20.4. The predicted molar refractivity (Wildman–Crippen MR) is 67.5 cm³/mol. The Morgan fingerprint density at radius 1 is 1.35 bits per heavy atom. The Morgan fingerprint density at radius 2 is 2.20 bits per heavy atom. The number of aromatic nitrogens is 4. The van der Waals surface area contributed by atoms with Crippen molar-refractivity contribution in [2.24, 2.45) is 11.8 Å². The minimum Gasteiger partial charge on any atom is -0.481 e. The third-order valence-corrected chi connectivity index (χ3v) is 3.18. The van der Waals surface area contributed by atoms with E-state index in [-0.39, 0.29) is 5.91 Å².